The van der Waals surface area contributed by atoms with E-state index >= 15 is 0 Å². The Bertz CT molecular complexity index is 1090. The quantitative estimate of drug-likeness (QED) is 0.192. The van der Waals surface area contributed by atoms with Crippen LogP contribution in [0.4, 0.5) is 9.59 Å². The lowest BCUT2D eigenvalue weighted by atomic mass is 9.96. The van der Waals surface area contributed by atoms with Crippen molar-refractivity contribution >= 4 is 33.9 Å². The monoisotopic (exact) mass is 466 g/mol. The van der Waals surface area contributed by atoms with Gasteiger partial charge in [0.1, 0.15) is 11.5 Å². The molecule has 182 valence electrons. The second-order valence-electron chi connectivity index (χ2n) is 9.45. The zero-order valence-corrected chi connectivity index (χ0v) is 20.9. The van der Waals surface area contributed by atoms with Crippen molar-refractivity contribution in [3.05, 3.63) is 47.5 Å². The van der Waals surface area contributed by atoms with Crippen LogP contribution in [-0.4, -0.2) is 25.5 Å². The number of carbonyl (C=O) groups excluding carboxylic acids is 2. The lowest BCUT2D eigenvalue weighted by molar-refractivity contribution is 0.0940. The van der Waals surface area contributed by atoms with Crippen LogP contribution in [0.15, 0.2) is 36.4 Å². The molecule has 0 saturated carbocycles. The number of hydrogen-bond donors (Lipinski definition) is 0. The first-order chi connectivity index (χ1) is 16.2. The first kappa shape index (κ1) is 25.3. The van der Waals surface area contributed by atoms with E-state index in [9.17, 15) is 9.59 Å². The summed E-state index contributed by atoms with van der Waals surface area (Å²) in [7, 11) is 0. The zero-order valence-electron chi connectivity index (χ0n) is 20.9. The van der Waals surface area contributed by atoms with Gasteiger partial charge in [-0.15, -0.1) is 0 Å². The van der Waals surface area contributed by atoms with Gasteiger partial charge in [0.25, 0.3) is 0 Å². The van der Waals surface area contributed by atoms with Crippen LogP contribution < -0.4 is 9.47 Å². The third-order valence-corrected chi connectivity index (χ3v) is 5.74. The summed E-state index contributed by atoms with van der Waals surface area (Å²) in [5.74, 6) is 1.58. The van der Waals surface area contributed by atoms with E-state index in [1.807, 2.05) is 50.2 Å². The van der Waals surface area contributed by atoms with E-state index in [1.165, 1.54) is 0 Å². The SMILES string of the molecule is Cc1cc2c(OC(=O)OCCC(C)C)c3ccccc3c(OC(=O)OCCC(C)C)c2cc1C. The minimum atomic E-state index is -0.757. The fourth-order valence-corrected chi connectivity index (χ4v) is 3.56. The molecule has 0 fully saturated rings. The number of rotatable bonds is 8. The Kier molecular flexibility index (Phi) is 8.37. The van der Waals surface area contributed by atoms with Crippen molar-refractivity contribution in [1.29, 1.82) is 0 Å². The van der Waals surface area contributed by atoms with Crippen molar-refractivity contribution in [3.63, 3.8) is 0 Å². The molecule has 0 amide bonds. The van der Waals surface area contributed by atoms with Gasteiger partial charge in [-0.05, 0) is 61.8 Å². The summed E-state index contributed by atoms with van der Waals surface area (Å²) in [6.45, 7) is 12.8. The largest absolute Gasteiger partial charge is 0.513 e. The van der Waals surface area contributed by atoms with Gasteiger partial charge in [-0.2, -0.15) is 0 Å². The second-order valence-corrected chi connectivity index (χ2v) is 9.45. The summed E-state index contributed by atoms with van der Waals surface area (Å²) in [6, 6.07) is 11.2. The number of ether oxygens (including phenoxy) is 4. The van der Waals surface area contributed by atoms with E-state index in [0.717, 1.165) is 24.0 Å². The van der Waals surface area contributed by atoms with Gasteiger partial charge in [0.05, 0.1) is 13.2 Å². The van der Waals surface area contributed by atoms with Gasteiger partial charge >= 0.3 is 12.3 Å². The Morgan fingerprint density at radius 3 is 1.41 bits per heavy atom. The fourth-order valence-electron chi connectivity index (χ4n) is 3.56. The first-order valence-electron chi connectivity index (χ1n) is 11.8. The summed E-state index contributed by atoms with van der Waals surface area (Å²) in [6.07, 6.45) is -0.0135. The summed E-state index contributed by atoms with van der Waals surface area (Å²) in [4.78, 5) is 25.0. The van der Waals surface area contributed by atoms with Gasteiger partial charge in [0, 0.05) is 21.5 Å². The van der Waals surface area contributed by atoms with Crippen LogP contribution in [0.1, 0.15) is 51.7 Å². The lowest BCUT2D eigenvalue weighted by Crippen LogP contribution is -2.14. The summed E-state index contributed by atoms with van der Waals surface area (Å²) >= 11 is 0. The molecule has 0 unspecified atom stereocenters. The number of fused-ring (bicyclic) bond motifs is 2. The van der Waals surface area contributed by atoms with Crippen LogP contribution in [0.3, 0.4) is 0 Å². The van der Waals surface area contributed by atoms with Crippen LogP contribution in [-0.2, 0) is 9.47 Å². The molecule has 0 aliphatic rings. The average molecular weight is 467 g/mol. The smallest absolute Gasteiger partial charge is 0.434 e. The second kappa shape index (κ2) is 11.2. The van der Waals surface area contributed by atoms with E-state index in [4.69, 9.17) is 18.9 Å². The molecule has 34 heavy (non-hydrogen) atoms. The zero-order chi connectivity index (χ0) is 24.8. The molecule has 0 saturated heterocycles. The predicted octanol–water partition coefficient (Wildman–Crippen LogP) is 7.73. The van der Waals surface area contributed by atoms with Crippen LogP contribution in [0.5, 0.6) is 11.5 Å². The summed E-state index contributed by atoms with van der Waals surface area (Å²) < 4.78 is 22.1. The van der Waals surface area contributed by atoms with E-state index in [2.05, 4.69) is 27.7 Å². The topological polar surface area (TPSA) is 71.1 Å². The highest BCUT2D eigenvalue weighted by molar-refractivity contribution is 6.12. The summed E-state index contributed by atoms with van der Waals surface area (Å²) in [5, 5.41) is 2.60. The summed E-state index contributed by atoms with van der Waals surface area (Å²) in [5.41, 5.74) is 2.04. The first-order valence-corrected chi connectivity index (χ1v) is 11.8. The molecule has 0 heterocycles. The van der Waals surface area contributed by atoms with Gasteiger partial charge in [-0.3, -0.25) is 0 Å². The van der Waals surface area contributed by atoms with Crippen molar-refractivity contribution in [1.82, 2.24) is 0 Å². The van der Waals surface area contributed by atoms with E-state index in [1.54, 1.807) is 0 Å². The minimum absolute atomic E-state index is 0.286. The molecule has 6 heteroatoms. The van der Waals surface area contributed by atoms with Crippen LogP contribution in [0.2, 0.25) is 0 Å². The Balaban J connectivity index is 2.05. The molecular weight excluding hydrogens is 432 g/mol. The average Bonchev–Trinajstić information content (AvgIpc) is 2.76. The molecule has 3 aromatic rings. The number of hydrogen-bond acceptors (Lipinski definition) is 6. The standard InChI is InChI=1S/C28H34O6/c1-17(2)11-13-31-27(29)33-25-21-9-7-8-10-22(21)26(34-28(30)32-14-12-18(3)4)24-16-20(6)19(5)15-23(24)25/h7-10,15-18H,11-14H2,1-6H3. The molecule has 3 aromatic carbocycles. The van der Waals surface area contributed by atoms with Crippen molar-refractivity contribution < 1.29 is 28.5 Å². The molecule has 0 aliphatic heterocycles. The fraction of sp³-hybridized carbons (Fsp3) is 0.429. The van der Waals surface area contributed by atoms with Crippen molar-refractivity contribution in [3.8, 4) is 11.5 Å². The van der Waals surface area contributed by atoms with Gasteiger partial charge in [-0.1, -0.05) is 52.0 Å². The lowest BCUT2D eigenvalue weighted by Gasteiger charge is -2.17. The highest BCUT2D eigenvalue weighted by Gasteiger charge is 2.22. The Morgan fingerprint density at radius 1 is 0.676 bits per heavy atom. The maximum atomic E-state index is 12.5. The van der Waals surface area contributed by atoms with Crippen LogP contribution >= 0.6 is 0 Å². The minimum Gasteiger partial charge on any atom is -0.434 e. The van der Waals surface area contributed by atoms with Gasteiger partial charge in [0.15, 0.2) is 0 Å². The van der Waals surface area contributed by atoms with E-state index < -0.39 is 12.3 Å². The van der Waals surface area contributed by atoms with Gasteiger partial charge in [0.2, 0.25) is 0 Å². The van der Waals surface area contributed by atoms with E-state index in [-0.39, 0.29) is 13.2 Å². The third kappa shape index (κ3) is 6.19. The molecule has 0 atom stereocenters. The molecule has 0 N–H and O–H groups in total. The van der Waals surface area contributed by atoms with Crippen molar-refractivity contribution in [2.45, 2.75) is 54.4 Å². The Labute approximate surface area is 201 Å². The van der Waals surface area contributed by atoms with E-state index in [0.29, 0.717) is 44.9 Å². The number of carbonyl (C=O) groups is 2. The van der Waals surface area contributed by atoms with Crippen molar-refractivity contribution in [2.75, 3.05) is 13.2 Å². The Morgan fingerprint density at radius 2 is 1.06 bits per heavy atom. The van der Waals surface area contributed by atoms with Gasteiger partial charge in [-0.25, -0.2) is 9.59 Å². The molecular formula is C28H34O6. The van der Waals surface area contributed by atoms with Gasteiger partial charge < -0.3 is 18.9 Å². The van der Waals surface area contributed by atoms with Crippen molar-refractivity contribution in [2.24, 2.45) is 11.8 Å². The molecule has 0 radical (unpaired) electrons. The predicted molar refractivity (Wildman–Crippen MR) is 134 cm³/mol. The Hall–Kier alpha value is -3.28. The molecule has 0 aromatic heterocycles. The molecule has 6 nitrogen and oxygen atoms in total. The normalized spacial score (nSPS) is 11.3. The van der Waals surface area contributed by atoms with Crippen LogP contribution in [0, 0.1) is 25.7 Å². The maximum absolute atomic E-state index is 12.5. The molecule has 0 aliphatic carbocycles. The number of aryl methyl sites for hydroxylation is 2. The van der Waals surface area contributed by atoms with Crippen LogP contribution in [0.25, 0.3) is 21.5 Å². The molecule has 0 spiro atoms. The third-order valence-electron chi connectivity index (χ3n) is 5.74. The molecule has 3 rings (SSSR count). The highest BCUT2D eigenvalue weighted by atomic mass is 16.7. The highest BCUT2D eigenvalue weighted by Crippen LogP contribution is 2.44. The number of benzene rings is 3. The molecule has 0 bridgehead atoms. The maximum Gasteiger partial charge on any atom is 0.513 e.